The zero-order valence-corrected chi connectivity index (χ0v) is 11.1. The van der Waals surface area contributed by atoms with Gasteiger partial charge in [0.2, 0.25) is 0 Å². The van der Waals surface area contributed by atoms with Crippen molar-refractivity contribution in [3.63, 3.8) is 0 Å². The Labute approximate surface area is 109 Å². The normalized spacial score (nSPS) is 22.2. The third-order valence-corrected chi connectivity index (χ3v) is 3.83. The van der Waals surface area contributed by atoms with Crippen LogP contribution in [0, 0.1) is 5.92 Å². The van der Waals surface area contributed by atoms with Crippen LogP contribution in [0.1, 0.15) is 18.9 Å². The molecule has 1 aliphatic heterocycles. The van der Waals surface area contributed by atoms with E-state index in [1.165, 1.54) is 12.0 Å². The van der Waals surface area contributed by atoms with Gasteiger partial charge in [0.1, 0.15) is 6.67 Å². The predicted molar refractivity (Wildman–Crippen MR) is 73.3 cm³/mol. The second-order valence-corrected chi connectivity index (χ2v) is 5.20. The minimum atomic E-state index is -0.273. The Hall–Kier alpha value is -0.930. The summed E-state index contributed by atoms with van der Waals surface area (Å²) in [6, 6.07) is 11.0. The van der Waals surface area contributed by atoms with E-state index >= 15 is 0 Å². The first-order chi connectivity index (χ1) is 8.79. The average molecular weight is 250 g/mol. The van der Waals surface area contributed by atoms with Gasteiger partial charge >= 0.3 is 0 Å². The van der Waals surface area contributed by atoms with Gasteiger partial charge in [-0.1, -0.05) is 30.3 Å². The van der Waals surface area contributed by atoms with Gasteiger partial charge in [-0.15, -0.1) is 0 Å². The second-order valence-electron chi connectivity index (χ2n) is 5.20. The van der Waals surface area contributed by atoms with E-state index in [0.29, 0.717) is 18.5 Å². The third-order valence-electron chi connectivity index (χ3n) is 3.83. The fourth-order valence-corrected chi connectivity index (χ4v) is 2.70. The molecule has 1 saturated heterocycles. The lowest BCUT2D eigenvalue weighted by Gasteiger charge is -2.21. The largest absolute Gasteiger partial charge is 0.311 e. The van der Waals surface area contributed by atoms with Crippen LogP contribution < -0.4 is 5.32 Å². The first-order valence-corrected chi connectivity index (χ1v) is 6.85. The Morgan fingerprint density at radius 1 is 1.39 bits per heavy atom. The van der Waals surface area contributed by atoms with Gasteiger partial charge in [0.05, 0.1) is 0 Å². The maximum absolute atomic E-state index is 12.1. The fourth-order valence-electron chi connectivity index (χ4n) is 2.70. The van der Waals surface area contributed by atoms with Gasteiger partial charge in [0.15, 0.2) is 0 Å². The number of hydrogen-bond acceptors (Lipinski definition) is 2. The number of alkyl halides is 1. The van der Waals surface area contributed by atoms with Crippen molar-refractivity contribution in [1.29, 1.82) is 0 Å². The molecule has 100 valence electrons. The van der Waals surface area contributed by atoms with E-state index in [2.05, 4.69) is 47.5 Å². The highest BCUT2D eigenvalue weighted by Gasteiger charge is 2.26. The molecule has 0 aliphatic carbocycles. The molecule has 2 rings (SSSR count). The molecule has 18 heavy (non-hydrogen) atoms. The summed E-state index contributed by atoms with van der Waals surface area (Å²) >= 11 is 0. The summed E-state index contributed by atoms with van der Waals surface area (Å²) in [7, 11) is 0. The van der Waals surface area contributed by atoms with Crippen LogP contribution >= 0.6 is 0 Å². The van der Waals surface area contributed by atoms with Gasteiger partial charge in [-0.05, 0) is 31.4 Å². The molecule has 1 aromatic rings. The van der Waals surface area contributed by atoms with Crippen LogP contribution in [0.2, 0.25) is 0 Å². The highest BCUT2D eigenvalue weighted by Crippen LogP contribution is 2.21. The highest BCUT2D eigenvalue weighted by molar-refractivity contribution is 5.14. The SMILES string of the molecule is C[C@H](NCCF)C1CCN(Cc2ccccc2)C1. The Bertz CT molecular complexity index is 342. The quantitative estimate of drug-likeness (QED) is 0.834. The average Bonchev–Trinajstić information content (AvgIpc) is 2.86. The first kappa shape index (κ1) is 13.5. The Morgan fingerprint density at radius 2 is 2.17 bits per heavy atom. The molecule has 0 bridgehead atoms. The fraction of sp³-hybridized carbons (Fsp3) is 0.600. The molecule has 1 aliphatic rings. The maximum atomic E-state index is 12.1. The number of rotatable bonds is 6. The number of hydrogen-bond donors (Lipinski definition) is 1. The smallest absolute Gasteiger partial charge is 0.102 e. The lowest BCUT2D eigenvalue weighted by molar-refractivity contribution is 0.294. The topological polar surface area (TPSA) is 15.3 Å². The van der Waals surface area contributed by atoms with Crippen molar-refractivity contribution in [2.24, 2.45) is 5.92 Å². The van der Waals surface area contributed by atoms with Gasteiger partial charge in [-0.2, -0.15) is 0 Å². The summed E-state index contributed by atoms with van der Waals surface area (Å²) in [5.41, 5.74) is 1.38. The van der Waals surface area contributed by atoms with Crippen LogP contribution in [0.4, 0.5) is 4.39 Å². The summed E-state index contributed by atoms with van der Waals surface area (Å²) in [5, 5.41) is 3.26. The lowest BCUT2D eigenvalue weighted by atomic mass is 10.0. The summed E-state index contributed by atoms with van der Waals surface area (Å²) in [5.74, 6) is 0.653. The Balaban J connectivity index is 1.78. The monoisotopic (exact) mass is 250 g/mol. The van der Waals surface area contributed by atoms with E-state index in [1.54, 1.807) is 0 Å². The Morgan fingerprint density at radius 3 is 2.89 bits per heavy atom. The molecule has 0 radical (unpaired) electrons. The molecule has 0 amide bonds. The van der Waals surface area contributed by atoms with E-state index < -0.39 is 0 Å². The molecular formula is C15H23FN2. The number of likely N-dealkylation sites (tertiary alicyclic amines) is 1. The second kappa shape index (κ2) is 6.86. The number of halogens is 1. The lowest BCUT2D eigenvalue weighted by Crippen LogP contribution is -2.36. The molecule has 1 fully saturated rings. The van der Waals surface area contributed by atoms with Crippen molar-refractivity contribution >= 4 is 0 Å². The van der Waals surface area contributed by atoms with Crippen molar-refractivity contribution in [2.45, 2.75) is 25.9 Å². The standard InChI is InChI=1S/C15H23FN2/c1-13(17-9-8-16)15-7-10-18(12-15)11-14-5-3-2-4-6-14/h2-6,13,15,17H,7-12H2,1H3/t13-,15?/m0/s1. The minimum Gasteiger partial charge on any atom is -0.311 e. The van der Waals surface area contributed by atoms with Crippen LogP contribution in [-0.2, 0) is 6.54 Å². The summed E-state index contributed by atoms with van der Waals surface area (Å²) in [6.07, 6.45) is 1.22. The molecule has 0 aromatic heterocycles. The van der Waals surface area contributed by atoms with Crippen molar-refractivity contribution in [2.75, 3.05) is 26.3 Å². The van der Waals surface area contributed by atoms with E-state index in [9.17, 15) is 4.39 Å². The van der Waals surface area contributed by atoms with Gasteiger partial charge in [0.25, 0.3) is 0 Å². The molecule has 0 saturated carbocycles. The van der Waals surface area contributed by atoms with Gasteiger partial charge < -0.3 is 5.32 Å². The molecule has 0 spiro atoms. The highest BCUT2D eigenvalue weighted by atomic mass is 19.1. The molecule has 1 aromatic carbocycles. The molecule has 1 heterocycles. The van der Waals surface area contributed by atoms with Crippen molar-refractivity contribution in [1.82, 2.24) is 10.2 Å². The summed E-state index contributed by atoms with van der Waals surface area (Å²) < 4.78 is 12.1. The zero-order valence-electron chi connectivity index (χ0n) is 11.1. The number of nitrogens with zero attached hydrogens (tertiary/aromatic N) is 1. The predicted octanol–water partition coefficient (Wildman–Crippen LogP) is 2.46. The van der Waals surface area contributed by atoms with Gasteiger partial charge in [-0.25, -0.2) is 4.39 Å². The maximum Gasteiger partial charge on any atom is 0.102 e. The summed E-state index contributed by atoms with van der Waals surface area (Å²) in [6.45, 7) is 5.69. The first-order valence-electron chi connectivity index (χ1n) is 6.85. The van der Waals surface area contributed by atoms with Crippen LogP contribution in [0.15, 0.2) is 30.3 Å². The van der Waals surface area contributed by atoms with E-state index in [0.717, 1.165) is 19.6 Å². The molecule has 1 unspecified atom stereocenters. The minimum absolute atomic E-state index is 0.273. The molecule has 3 heteroatoms. The van der Waals surface area contributed by atoms with E-state index in [4.69, 9.17) is 0 Å². The van der Waals surface area contributed by atoms with Crippen LogP contribution in [-0.4, -0.2) is 37.3 Å². The number of nitrogens with one attached hydrogen (secondary N) is 1. The molecule has 2 atom stereocenters. The summed E-state index contributed by atoms with van der Waals surface area (Å²) in [4.78, 5) is 2.49. The zero-order chi connectivity index (χ0) is 12.8. The van der Waals surface area contributed by atoms with Crippen molar-refractivity contribution in [3.05, 3.63) is 35.9 Å². The van der Waals surface area contributed by atoms with Crippen LogP contribution in [0.25, 0.3) is 0 Å². The molecule has 2 nitrogen and oxygen atoms in total. The molecular weight excluding hydrogens is 227 g/mol. The third kappa shape index (κ3) is 3.79. The van der Waals surface area contributed by atoms with Crippen LogP contribution in [0.5, 0.6) is 0 Å². The van der Waals surface area contributed by atoms with Crippen molar-refractivity contribution in [3.8, 4) is 0 Å². The Kier molecular flexibility index (Phi) is 5.14. The van der Waals surface area contributed by atoms with Crippen molar-refractivity contribution < 1.29 is 4.39 Å². The van der Waals surface area contributed by atoms with Gasteiger partial charge in [0, 0.05) is 25.7 Å². The van der Waals surface area contributed by atoms with E-state index in [1.807, 2.05) is 0 Å². The van der Waals surface area contributed by atoms with Gasteiger partial charge in [-0.3, -0.25) is 4.90 Å². The van der Waals surface area contributed by atoms with Crippen LogP contribution in [0.3, 0.4) is 0 Å². The van der Waals surface area contributed by atoms with E-state index in [-0.39, 0.29) is 6.67 Å². The number of benzene rings is 1. The molecule has 1 N–H and O–H groups in total.